The van der Waals surface area contributed by atoms with Gasteiger partial charge >= 0.3 is 0 Å². The van der Waals surface area contributed by atoms with Gasteiger partial charge in [0.15, 0.2) is 0 Å². The second-order valence-corrected chi connectivity index (χ2v) is 6.29. The average Bonchev–Trinajstić information content (AvgIpc) is 2.21. The highest BCUT2D eigenvalue weighted by Crippen LogP contribution is 2.24. The number of halogens is 2. The van der Waals surface area contributed by atoms with Crippen molar-refractivity contribution in [2.75, 3.05) is 13.1 Å². The van der Waals surface area contributed by atoms with Gasteiger partial charge < -0.3 is 0 Å². The van der Waals surface area contributed by atoms with Crippen molar-refractivity contribution in [2.24, 2.45) is 11.8 Å². The molecule has 17 heavy (non-hydrogen) atoms. The third-order valence-electron chi connectivity index (χ3n) is 3.35. The molecule has 94 valence electrons. The van der Waals surface area contributed by atoms with Crippen LogP contribution in [0.5, 0.6) is 0 Å². The monoisotopic (exact) mass is 299 g/mol. The molecule has 0 amide bonds. The fourth-order valence-electron chi connectivity index (χ4n) is 2.81. The molecule has 2 atom stereocenters. The number of rotatable bonds is 2. The fourth-order valence-corrected chi connectivity index (χ4v) is 3.15. The van der Waals surface area contributed by atoms with Crippen LogP contribution < -0.4 is 0 Å². The second kappa shape index (κ2) is 5.49. The van der Waals surface area contributed by atoms with Crippen molar-refractivity contribution in [3.63, 3.8) is 0 Å². The summed E-state index contributed by atoms with van der Waals surface area (Å²) < 4.78 is 14.5. The molecule has 1 aliphatic heterocycles. The summed E-state index contributed by atoms with van der Waals surface area (Å²) >= 11 is 3.29. The van der Waals surface area contributed by atoms with Gasteiger partial charge in [-0.1, -0.05) is 35.8 Å². The largest absolute Gasteiger partial charge is 0.298 e. The number of nitrogens with zero attached hydrogens (tertiary/aromatic N) is 1. The van der Waals surface area contributed by atoms with Crippen LogP contribution >= 0.6 is 15.9 Å². The van der Waals surface area contributed by atoms with Crippen LogP contribution in [-0.4, -0.2) is 18.0 Å². The molecule has 2 rings (SSSR count). The molecule has 0 aliphatic carbocycles. The molecule has 1 aliphatic rings. The summed E-state index contributed by atoms with van der Waals surface area (Å²) in [6.07, 6.45) is 1.29. The molecule has 0 N–H and O–H groups in total. The number of hydrogen-bond donors (Lipinski definition) is 0. The van der Waals surface area contributed by atoms with Gasteiger partial charge in [-0.2, -0.15) is 0 Å². The van der Waals surface area contributed by atoms with Gasteiger partial charge in [0.1, 0.15) is 5.82 Å². The summed E-state index contributed by atoms with van der Waals surface area (Å²) in [6, 6.07) is 5.34. The predicted molar refractivity (Wildman–Crippen MR) is 72.3 cm³/mol. The Balaban J connectivity index is 2.04. The van der Waals surface area contributed by atoms with Gasteiger partial charge in [0, 0.05) is 29.7 Å². The zero-order valence-electron chi connectivity index (χ0n) is 10.4. The van der Waals surface area contributed by atoms with Gasteiger partial charge in [-0.25, -0.2) is 4.39 Å². The molecule has 0 bridgehead atoms. The molecule has 0 aromatic heterocycles. The van der Waals surface area contributed by atoms with Crippen molar-refractivity contribution in [2.45, 2.75) is 26.8 Å². The molecule has 1 aromatic rings. The van der Waals surface area contributed by atoms with E-state index in [4.69, 9.17) is 0 Å². The number of benzene rings is 1. The Kier molecular flexibility index (Phi) is 4.21. The smallest absolute Gasteiger partial charge is 0.128 e. The van der Waals surface area contributed by atoms with Gasteiger partial charge in [-0.3, -0.25) is 4.90 Å². The topological polar surface area (TPSA) is 3.24 Å². The highest BCUT2D eigenvalue weighted by molar-refractivity contribution is 9.10. The van der Waals surface area contributed by atoms with Crippen LogP contribution in [0.1, 0.15) is 25.8 Å². The van der Waals surface area contributed by atoms with Crippen LogP contribution in [0.25, 0.3) is 0 Å². The van der Waals surface area contributed by atoms with E-state index in [9.17, 15) is 4.39 Å². The van der Waals surface area contributed by atoms with E-state index in [0.717, 1.165) is 41.5 Å². The number of likely N-dealkylation sites (tertiary alicyclic amines) is 1. The van der Waals surface area contributed by atoms with Gasteiger partial charge in [0.25, 0.3) is 0 Å². The Morgan fingerprint density at radius 1 is 1.29 bits per heavy atom. The molecule has 1 nitrogen and oxygen atoms in total. The first-order valence-electron chi connectivity index (χ1n) is 6.21. The SMILES string of the molecule is CC1CC(C)CN(Cc2ccc(Br)cc2F)C1. The summed E-state index contributed by atoms with van der Waals surface area (Å²) in [5, 5.41) is 0. The molecule has 0 radical (unpaired) electrons. The van der Waals surface area contributed by atoms with Crippen molar-refractivity contribution in [3.8, 4) is 0 Å². The normalized spacial score (nSPS) is 26.1. The van der Waals surface area contributed by atoms with Crippen LogP contribution in [0.4, 0.5) is 4.39 Å². The standard InChI is InChI=1S/C14H19BrFN/c1-10-5-11(2)8-17(7-10)9-12-3-4-13(15)6-14(12)16/h3-4,6,10-11H,5,7-9H2,1-2H3. The van der Waals surface area contributed by atoms with Gasteiger partial charge in [-0.05, 0) is 30.4 Å². The molecule has 1 aromatic carbocycles. The Bertz CT molecular complexity index is 384. The van der Waals surface area contributed by atoms with Crippen molar-refractivity contribution in [3.05, 3.63) is 34.1 Å². The van der Waals surface area contributed by atoms with Crippen LogP contribution in [0.2, 0.25) is 0 Å². The molecule has 0 saturated carbocycles. The van der Waals surface area contributed by atoms with E-state index in [1.54, 1.807) is 6.07 Å². The molecule has 1 saturated heterocycles. The molecule has 1 heterocycles. The maximum atomic E-state index is 13.7. The van der Waals surface area contributed by atoms with E-state index in [2.05, 4.69) is 34.7 Å². The Hall–Kier alpha value is -0.410. The van der Waals surface area contributed by atoms with E-state index in [1.165, 1.54) is 6.42 Å². The van der Waals surface area contributed by atoms with Gasteiger partial charge in [0.2, 0.25) is 0 Å². The maximum absolute atomic E-state index is 13.7. The first-order valence-corrected chi connectivity index (χ1v) is 7.00. The Morgan fingerprint density at radius 3 is 2.53 bits per heavy atom. The lowest BCUT2D eigenvalue weighted by molar-refractivity contribution is 0.133. The van der Waals surface area contributed by atoms with Gasteiger partial charge in [0.05, 0.1) is 0 Å². The summed E-state index contributed by atoms with van der Waals surface area (Å²) in [6.45, 7) is 7.45. The number of piperidine rings is 1. The van der Waals surface area contributed by atoms with Crippen LogP contribution in [0, 0.1) is 17.7 Å². The van der Waals surface area contributed by atoms with E-state index < -0.39 is 0 Å². The van der Waals surface area contributed by atoms with E-state index >= 15 is 0 Å². The summed E-state index contributed by atoms with van der Waals surface area (Å²) in [7, 11) is 0. The van der Waals surface area contributed by atoms with E-state index in [0.29, 0.717) is 0 Å². The predicted octanol–water partition coefficient (Wildman–Crippen LogP) is 4.07. The average molecular weight is 300 g/mol. The minimum absolute atomic E-state index is 0.106. The van der Waals surface area contributed by atoms with Crippen molar-refractivity contribution < 1.29 is 4.39 Å². The zero-order valence-corrected chi connectivity index (χ0v) is 12.0. The third kappa shape index (κ3) is 3.52. The second-order valence-electron chi connectivity index (χ2n) is 5.38. The molecule has 1 fully saturated rings. The van der Waals surface area contributed by atoms with Gasteiger partial charge in [-0.15, -0.1) is 0 Å². The highest BCUT2D eigenvalue weighted by atomic mass is 79.9. The summed E-state index contributed by atoms with van der Waals surface area (Å²) in [5.41, 5.74) is 0.800. The lowest BCUT2D eigenvalue weighted by Crippen LogP contribution is -2.38. The third-order valence-corrected chi connectivity index (χ3v) is 3.85. The summed E-state index contributed by atoms with van der Waals surface area (Å²) in [5.74, 6) is 1.33. The Morgan fingerprint density at radius 2 is 1.94 bits per heavy atom. The van der Waals surface area contributed by atoms with Crippen molar-refractivity contribution in [1.29, 1.82) is 0 Å². The molecule has 0 spiro atoms. The van der Waals surface area contributed by atoms with Crippen LogP contribution in [-0.2, 0) is 6.54 Å². The maximum Gasteiger partial charge on any atom is 0.128 e. The van der Waals surface area contributed by atoms with Crippen molar-refractivity contribution >= 4 is 15.9 Å². The lowest BCUT2D eigenvalue weighted by atomic mass is 9.91. The van der Waals surface area contributed by atoms with E-state index in [-0.39, 0.29) is 5.82 Å². The fraction of sp³-hybridized carbons (Fsp3) is 0.571. The Labute approximate surface area is 111 Å². The molecular weight excluding hydrogens is 281 g/mol. The zero-order chi connectivity index (χ0) is 12.4. The minimum atomic E-state index is -0.106. The molecule has 2 unspecified atom stereocenters. The van der Waals surface area contributed by atoms with Crippen LogP contribution in [0.3, 0.4) is 0 Å². The summed E-state index contributed by atoms with van der Waals surface area (Å²) in [4.78, 5) is 2.37. The lowest BCUT2D eigenvalue weighted by Gasteiger charge is -2.35. The van der Waals surface area contributed by atoms with E-state index in [1.807, 2.05) is 12.1 Å². The first-order chi connectivity index (χ1) is 8.04. The quantitative estimate of drug-likeness (QED) is 0.796. The number of hydrogen-bond acceptors (Lipinski definition) is 1. The first kappa shape index (κ1) is 13.0. The van der Waals surface area contributed by atoms with Crippen molar-refractivity contribution in [1.82, 2.24) is 4.90 Å². The minimum Gasteiger partial charge on any atom is -0.298 e. The molecular formula is C14H19BrFN. The highest BCUT2D eigenvalue weighted by Gasteiger charge is 2.22. The van der Waals surface area contributed by atoms with Crippen LogP contribution in [0.15, 0.2) is 22.7 Å². The molecule has 3 heteroatoms.